The van der Waals surface area contributed by atoms with Crippen LogP contribution in [0.1, 0.15) is 12.0 Å². The number of hydrogen-bond donors (Lipinski definition) is 2. The molecule has 1 fully saturated rings. The van der Waals surface area contributed by atoms with Crippen molar-refractivity contribution in [3.63, 3.8) is 0 Å². The number of anilines is 2. The van der Waals surface area contributed by atoms with E-state index in [1.807, 2.05) is 13.0 Å². The van der Waals surface area contributed by atoms with Gasteiger partial charge >= 0.3 is 6.09 Å². The first kappa shape index (κ1) is 12.5. The summed E-state index contributed by atoms with van der Waals surface area (Å²) in [5.41, 5.74) is 7.34. The molecule has 6 heteroatoms. The summed E-state index contributed by atoms with van der Waals surface area (Å²) in [5, 5.41) is 8.97. The number of nitrogen functional groups attached to an aromatic ring is 1. The van der Waals surface area contributed by atoms with Crippen LogP contribution < -0.4 is 10.6 Å². The van der Waals surface area contributed by atoms with E-state index in [-0.39, 0.29) is 6.04 Å². The Bertz CT molecular complexity index is 463. The fourth-order valence-corrected chi connectivity index (χ4v) is 2.33. The van der Waals surface area contributed by atoms with Gasteiger partial charge in [0.15, 0.2) is 0 Å². The Morgan fingerprint density at radius 3 is 3.00 bits per heavy atom. The maximum atomic E-state index is 10.9. The van der Waals surface area contributed by atoms with E-state index in [0.29, 0.717) is 12.2 Å². The Balaban J connectivity index is 2.11. The number of pyridine rings is 1. The highest BCUT2D eigenvalue weighted by Crippen LogP contribution is 2.24. The second-order valence-electron chi connectivity index (χ2n) is 4.69. The lowest BCUT2D eigenvalue weighted by Gasteiger charge is -2.23. The number of carbonyl (C=O) groups is 1. The molecule has 18 heavy (non-hydrogen) atoms. The summed E-state index contributed by atoms with van der Waals surface area (Å²) >= 11 is 0. The molecule has 1 aromatic heterocycles. The van der Waals surface area contributed by atoms with Crippen LogP contribution in [0.25, 0.3) is 0 Å². The van der Waals surface area contributed by atoms with Crippen LogP contribution in [0.2, 0.25) is 0 Å². The van der Waals surface area contributed by atoms with Gasteiger partial charge < -0.3 is 20.6 Å². The Hall–Kier alpha value is -1.98. The fraction of sp³-hybridized carbons (Fsp3) is 0.500. The summed E-state index contributed by atoms with van der Waals surface area (Å²) in [6.07, 6.45) is 1.58. The lowest BCUT2D eigenvalue weighted by Crippen LogP contribution is -2.38. The second-order valence-corrected chi connectivity index (χ2v) is 4.69. The lowest BCUT2D eigenvalue weighted by molar-refractivity contribution is 0.142. The molecule has 0 spiro atoms. The summed E-state index contributed by atoms with van der Waals surface area (Å²) in [4.78, 5) is 18.7. The van der Waals surface area contributed by atoms with Crippen LogP contribution in [0, 0.1) is 6.92 Å². The van der Waals surface area contributed by atoms with E-state index in [4.69, 9.17) is 10.8 Å². The van der Waals surface area contributed by atoms with Gasteiger partial charge in [-0.15, -0.1) is 0 Å². The summed E-state index contributed by atoms with van der Waals surface area (Å²) in [6, 6.07) is 1.91. The molecule has 0 saturated carbocycles. The van der Waals surface area contributed by atoms with Gasteiger partial charge in [0.2, 0.25) is 0 Å². The molecule has 0 aromatic carbocycles. The molecule has 2 heterocycles. The predicted octanol–water partition coefficient (Wildman–Crippen LogP) is 1.16. The predicted molar refractivity (Wildman–Crippen MR) is 69.8 cm³/mol. The third-order valence-electron chi connectivity index (χ3n) is 3.38. The van der Waals surface area contributed by atoms with Gasteiger partial charge in [-0.25, -0.2) is 9.78 Å². The zero-order valence-electron chi connectivity index (χ0n) is 10.6. The third kappa shape index (κ3) is 2.32. The van der Waals surface area contributed by atoms with Crippen LogP contribution in [0.15, 0.2) is 12.3 Å². The number of nitrogens with zero attached hydrogens (tertiary/aromatic N) is 3. The number of amides is 1. The standard InChI is InChI=1S/C12H18N4O2/c1-8-5-9(13)6-14-11(8)16-4-3-10(7-16)15(2)12(17)18/h5-6,10H,3-4,7,13H2,1-2H3,(H,17,18). The molecule has 1 saturated heterocycles. The lowest BCUT2D eigenvalue weighted by atomic mass is 10.2. The van der Waals surface area contributed by atoms with Crippen LogP contribution in [0.4, 0.5) is 16.3 Å². The first-order valence-electron chi connectivity index (χ1n) is 5.92. The minimum Gasteiger partial charge on any atom is -0.465 e. The molecule has 0 radical (unpaired) electrons. The van der Waals surface area contributed by atoms with Gasteiger partial charge in [-0.3, -0.25) is 0 Å². The van der Waals surface area contributed by atoms with Gasteiger partial charge in [0.1, 0.15) is 5.82 Å². The topological polar surface area (TPSA) is 82.7 Å². The first-order chi connectivity index (χ1) is 8.49. The number of aromatic nitrogens is 1. The molecule has 3 N–H and O–H groups in total. The summed E-state index contributed by atoms with van der Waals surface area (Å²) in [5.74, 6) is 0.894. The smallest absolute Gasteiger partial charge is 0.407 e. The Morgan fingerprint density at radius 1 is 1.67 bits per heavy atom. The van der Waals surface area contributed by atoms with Crippen molar-refractivity contribution < 1.29 is 9.90 Å². The minimum absolute atomic E-state index is 0.0289. The van der Waals surface area contributed by atoms with Crippen LogP contribution in [-0.2, 0) is 0 Å². The summed E-state index contributed by atoms with van der Waals surface area (Å²) in [6.45, 7) is 3.47. The number of nitrogens with two attached hydrogens (primary N) is 1. The highest BCUT2D eigenvalue weighted by molar-refractivity contribution is 5.65. The van der Waals surface area contributed by atoms with Crippen molar-refractivity contribution >= 4 is 17.6 Å². The van der Waals surface area contributed by atoms with Crippen LogP contribution >= 0.6 is 0 Å². The third-order valence-corrected chi connectivity index (χ3v) is 3.38. The van der Waals surface area contributed by atoms with E-state index in [0.717, 1.165) is 24.3 Å². The van der Waals surface area contributed by atoms with Gasteiger partial charge in [-0.1, -0.05) is 0 Å². The molecule has 1 atom stereocenters. The Labute approximate surface area is 106 Å². The van der Waals surface area contributed by atoms with Gasteiger partial charge in [0.25, 0.3) is 0 Å². The molecule has 1 amide bonds. The number of carboxylic acid groups (broad SMARTS) is 1. The number of hydrogen-bond acceptors (Lipinski definition) is 4. The van der Waals surface area contributed by atoms with Gasteiger partial charge in [0, 0.05) is 20.1 Å². The molecule has 0 bridgehead atoms. The number of aryl methyl sites for hydroxylation is 1. The van der Waals surface area contributed by atoms with Gasteiger partial charge in [-0.05, 0) is 25.0 Å². The largest absolute Gasteiger partial charge is 0.465 e. The van der Waals surface area contributed by atoms with E-state index >= 15 is 0 Å². The van der Waals surface area contributed by atoms with E-state index < -0.39 is 6.09 Å². The Kier molecular flexibility index (Phi) is 3.27. The minimum atomic E-state index is -0.885. The summed E-state index contributed by atoms with van der Waals surface area (Å²) in [7, 11) is 1.61. The van der Waals surface area contributed by atoms with Crippen molar-refractivity contribution in [3.8, 4) is 0 Å². The average Bonchev–Trinajstić information content (AvgIpc) is 2.77. The van der Waals surface area contributed by atoms with Crippen molar-refractivity contribution in [2.24, 2.45) is 0 Å². The van der Waals surface area contributed by atoms with Crippen molar-refractivity contribution in [2.75, 3.05) is 30.8 Å². The Morgan fingerprint density at radius 2 is 2.39 bits per heavy atom. The van der Waals surface area contributed by atoms with E-state index in [2.05, 4.69) is 9.88 Å². The first-order valence-corrected chi connectivity index (χ1v) is 5.92. The molecule has 1 aliphatic heterocycles. The van der Waals surface area contributed by atoms with E-state index in [9.17, 15) is 4.79 Å². The molecule has 0 aliphatic carbocycles. The molecule has 1 aromatic rings. The normalized spacial score (nSPS) is 19.0. The van der Waals surface area contributed by atoms with Crippen molar-refractivity contribution in [3.05, 3.63) is 17.8 Å². The van der Waals surface area contributed by atoms with E-state index in [1.165, 1.54) is 4.90 Å². The van der Waals surface area contributed by atoms with Crippen molar-refractivity contribution in [2.45, 2.75) is 19.4 Å². The molecule has 98 valence electrons. The maximum Gasteiger partial charge on any atom is 0.407 e. The highest BCUT2D eigenvalue weighted by atomic mass is 16.4. The molecule has 1 aliphatic rings. The van der Waals surface area contributed by atoms with Gasteiger partial charge in [0.05, 0.1) is 17.9 Å². The zero-order chi connectivity index (χ0) is 13.3. The van der Waals surface area contributed by atoms with Crippen LogP contribution in [0.5, 0.6) is 0 Å². The van der Waals surface area contributed by atoms with Crippen molar-refractivity contribution in [1.82, 2.24) is 9.88 Å². The van der Waals surface area contributed by atoms with Crippen molar-refractivity contribution in [1.29, 1.82) is 0 Å². The maximum absolute atomic E-state index is 10.9. The quantitative estimate of drug-likeness (QED) is 0.823. The molecule has 6 nitrogen and oxygen atoms in total. The van der Waals surface area contributed by atoms with E-state index in [1.54, 1.807) is 13.2 Å². The van der Waals surface area contributed by atoms with Crippen LogP contribution in [0.3, 0.4) is 0 Å². The molecule has 1 unspecified atom stereocenters. The van der Waals surface area contributed by atoms with Gasteiger partial charge in [-0.2, -0.15) is 0 Å². The second kappa shape index (κ2) is 4.72. The SMILES string of the molecule is Cc1cc(N)cnc1N1CCC(N(C)C(=O)O)C1. The highest BCUT2D eigenvalue weighted by Gasteiger charge is 2.29. The zero-order valence-corrected chi connectivity index (χ0v) is 10.6. The number of rotatable bonds is 2. The number of likely N-dealkylation sites (N-methyl/N-ethyl adjacent to an activating group) is 1. The monoisotopic (exact) mass is 250 g/mol. The van der Waals surface area contributed by atoms with Crippen LogP contribution in [-0.4, -0.2) is 47.3 Å². The average molecular weight is 250 g/mol. The molecular weight excluding hydrogens is 232 g/mol. The summed E-state index contributed by atoms with van der Waals surface area (Å²) < 4.78 is 0. The fourth-order valence-electron chi connectivity index (χ4n) is 2.33. The molecule has 2 rings (SSSR count). The molecular formula is C12H18N4O2.